The maximum atomic E-state index is 3.49. The second kappa shape index (κ2) is 3.48. The van der Waals surface area contributed by atoms with E-state index in [-0.39, 0.29) is 0 Å². The molecule has 0 saturated carbocycles. The van der Waals surface area contributed by atoms with E-state index in [9.17, 15) is 0 Å². The van der Waals surface area contributed by atoms with Gasteiger partial charge in [-0.1, -0.05) is 6.07 Å². The SMILES string of the molecule is Brc1ccc(C2CCN2)cc1Br. The molecule has 1 atom stereocenters. The van der Waals surface area contributed by atoms with Crippen LogP contribution in [0.2, 0.25) is 0 Å². The first kappa shape index (κ1) is 8.73. The van der Waals surface area contributed by atoms with Crippen molar-refractivity contribution in [3.8, 4) is 0 Å². The van der Waals surface area contributed by atoms with Crippen molar-refractivity contribution in [3.63, 3.8) is 0 Å². The quantitative estimate of drug-likeness (QED) is 0.837. The van der Waals surface area contributed by atoms with Crippen LogP contribution in [0.15, 0.2) is 27.1 Å². The van der Waals surface area contributed by atoms with Crippen LogP contribution < -0.4 is 5.32 Å². The smallest absolute Gasteiger partial charge is 0.0332 e. The van der Waals surface area contributed by atoms with E-state index in [2.05, 4.69) is 55.4 Å². The van der Waals surface area contributed by atoms with E-state index in [1.54, 1.807) is 0 Å². The first-order valence-corrected chi connectivity index (χ1v) is 5.54. The topological polar surface area (TPSA) is 12.0 Å². The van der Waals surface area contributed by atoms with Crippen LogP contribution in [0.5, 0.6) is 0 Å². The fraction of sp³-hybridized carbons (Fsp3) is 0.333. The minimum atomic E-state index is 0.578. The largest absolute Gasteiger partial charge is 0.310 e. The molecule has 0 spiro atoms. The van der Waals surface area contributed by atoms with Gasteiger partial charge in [-0.2, -0.15) is 0 Å². The third-order valence-corrected chi connectivity index (χ3v) is 4.05. The number of halogens is 2. The summed E-state index contributed by atoms with van der Waals surface area (Å²) in [7, 11) is 0. The van der Waals surface area contributed by atoms with Crippen molar-refractivity contribution in [2.45, 2.75) is 12.5 Å². The highest BCUT2D eigenvalue weighted by Crippen LogP contribution is 2.29. The van der Waals surface area contributed by atoms with Crippen molar-refractivity contribution in [2.75, 3.05) is 6.54 Å². The van der Waals surface area contributed by atoms with Gasteiger partial charge in [0.25, 0.3) is 0 Å². The summed E-state index contributed by atoms with van der Waals surface area (Å²) < 4.78 is 2.25. The molecule has 1 unspecified atom stereocenters. The van der Waals surface area contributed by atoms with Crippen LogP contribution in [0.25, 0.3) is 0 Å². The molecule has 2 rings (SSSR count). The molecular weight excluding hydrogens is 282 g/mol. The molecule has 0 aromatic heterocycles. The van der Waals surface area contributed by atoms with Crippen molar-refractivity contribution in [1.82, 2.24) is 5.32 Å². The van der Waals surface area contributed by atoms with Crippen molar-refractivity contribution >= 4 is 31.9 Å². The van der Waals surface area contributed by atoms with Crippen molar-refractivity contribution in [1.29, 1.82) is 0 Å². The zero-order chi connectivity index (χ0) is 8.55. The summed E-state index contributed by atoms with van der Waals surface area (Å²) >= 11 is 6.94. The van der Waals surface area contributed by atoms with Crippen LogP contribution in [0.4, 0.5) is 0 Å². The number of hydrogen-bond acceptors (Lipinski definition) is 1. The molecular formula is C9H9Br2N. The Morgan fingerprint density at radius 1 is 1.25 bits per heavy atom. The van der Waals surface area contributed by atoms with Crippen LogP contribution in [0, 0.1) is 0 Å². The molecule has 1 aliphatic rings. The third-order valence-electron chi connectivity index (χ3n) is 2.17. The van der Waals surface area contributed by atoms with Gasteiger partial charge < -0.3 is 5.32 Å². The lowest BCUT2D eigenvalue weighted by molar-refractivity contribution is 0.383. The van der Waals surface area contributed by atoms with Crippen LogP contribution in [0.3, 0.4) is 0 Å². The molecule has 0 aliphatic carbocycles. The van der Waals surface area contributed by atoms with E-state index in [1.165, 1.54) is 12.0 Å². The van der Waals surface area contributed by atoms with Crippen LogP contribution >= 0.6 is 31.9 Å². The summed E-state index contributed by atoms with van der Waals surface area (Å²) in [5.74, 6) is 0. The molecule has 1 fully saturated rings. The average molecular weight is 291 g/mol. The lowest BCUT2D eigenvalue weighted by Crippen LogP contribution is -2.34. The van der Waals surface area contributed by atoms with E-state index in [0.29, 0.717) is 6.04 Å². The first-order valence-electron chi connectivity index (χ1n) is 3.96. The zero-order valence-corrected chi connectivity index (χ0v) is 9.65. The Labute approximate surface area is 88.8 Å². The Morgan fingerprint density at radius 2 is 2.00 bits per heavy atom. The van der Waals surface area contributed by atoms with Crippen LogP contribution in [-0.4, -0.2) is 6.54 Å². The van der Waals surface area contributed by atoms with Crippen molar-refractivity contribution < 1.29 is 0 Å². The van der Waals surface area contributed by atoms with Gasteiger partial charge in [0, 0.05) is 15.0 Å². The molecule has 64 valence electrons. The van der Waals surface area contributed by atoms with E-state index < -0.39 is 0 Å². The third kappa shape index (κ3) is 1.58. The van der Waals surface area contributed by atoms with Crippen LogP contribution in [-0.2, 0) is 0 Å². The molecule has 3 heteroatoms. The normalized spacial score (nSPS) is 22.0. The van der Waals surface area contributed by atoms with E-state index in [0.717, 1.165) is 15.5 Å². The van der Waals surface area contributed by atoms with Gasteiger partial charge in [0.2, 0.25) is 0 Å². The minimum absolute atomic E-state index is 0.578. The van der Waals surface area contributed by atoms with Crippen molar-refractivity contribution in [3.05, 3.63) is 32.7 Å². The van der Waals surface area contributed by atoms with Gasteiger partial charge in [-0.3, -0.25) is 0 Å². The Bertz CT molecular complexity index is 295. The highest BCUT2D eigenvalue weighted by atomic mass is 79.9. The summed E-state index contributed by atoms with van der Waals surface area (Å²) in [6, 6.07) is 6.99. The summed E-state index contributed by atoms with van der Waals surface area (Å²) in [6.45, 7) is 1.15. The fourth-order valence-corrected chi connectivity index (χ4v) is 1.95. The molecule has 0 amide bonds. The molecule has 1 nitrogen and oxygen atoms in total. The predicted molar refractivity (Wildman–Crippen MR) is 57.2 cm³/mol. The number of benzene rings is 1. The van der Waals surface area contributed by atoms with Gasteiger partial charge >= 0.3 is 0 Å². The summed E-state index contributed by atoms with van der Waals surface area (Å²) in [6.07, 6.45) is 1.26. The predicted octanol–water partition coefficient (Wildman–Crippen LogP) is 3.25. The molecule has 1 N–H and O–H groups in total. The van der Waals surface area contributed by atoms with E-state index in [4.69, 9.17) is 0 Å². The summed E-state index contributed by atoms with van der Waals surface area (Å²) in [5.41, 5.74) is 1.37. The number of rotatable bonds is 1. The molecule has 1 aromatic rings. The van der Waals surface area contributed by atoms with E-state index >= 15 is 0 Å². The first-order chi connectivity index (χ1) is 5.77. The maximum Gasteiger partial charge on any atom is 0.0332 e. The Hall–Kier alpha value is 0.140. The molecule has 0 radical (unpaired) electrons. The monoisotopic (exact) mass is 289 g/mol. The van der Waals surface area contributed by atoms with Gasteiger partial charge in [-0.05, 0) is 62.5 Å². The average Bonchev–Trinajstić information content (AvgIpc) is 1.93. The fourth-order valence-electron chi connectivity index (χ4n) is 1.30. The summed E-state index contributed by atoms with van der Waals surface area (Å²) in [4.78, 5) is 0. The molecule has 12 heavy (non-hydrogen) atoms. The minimum Gasteiger partial charge on any atom is -0.310 e. The highest BCUT2D eigenvalue weighted by molar-refractivity contribution is 9.13. The highest BCUT2D eigenvalue weighted by Gasteiger charge is 2.18. The lowest BCUT2D eigenvalue weighted by atomic mass is 9.98. The van der Waals surface area contributed by atoms with E-state index in [1.807, 2.05) is 0 Å². The summed E-state index contributed by atoms with van der Waals surface area (Å²) in [5, 5.41) is 3.37. The second-order valence-corrected chi connectivity index (χ2v) is 4.68. The van der Waals surface area contributed by atoms with Gasteiger partial charge in [-0.25, -0.2) is 0 Å². The maximum absolute atomic E-state index is 3.49. The molecule has 1 aliphatic heterocycles. The second-order valence-electron chi connectivity index (χ2n) is 2.97. The Kier molecular flexibility index (Phi) is 2.53. The van der Waals surface area contributed by atoms with Gasteiger partial charge in [0.05, 0.1) is 0 Å². The molecule has 1 saturated heterocycles. The number of hydrogen-bond donors (Lipinski definition) is 1. The van der Waals surface area contributed by atoms with Gasteiger partial charge in [0.15, 0.2) is 0 Å². The van der Waals surface area contributed by atoms with Crippen molar-refractivity contribution in [2.24, 2.45) is 0 Å². The molecule has 1 aromatic carbocycles. The Balaban J connectivity index is 2.27. The molecule has 0 bridgehead atoms. The van der Waals surface area contributed by atoms with Crippen LogP contribution in [0.1, 0.15) is 18.0 Å². The van der Waals surface area contributed by atoms with Gasteiger partial charge in [-0.15, -0.1) is 0 Å². The zero-order valence-electron chi connectivity index (χ0n) is 6.48. The number of nitrogens with one attached hydrogen (secondary N) is 1. The Morgan fingerprint density at radius 3 is 2.50 bits per heavy atom. The molecule has 1 heterocycles. The standard InChI is InChI=1S/C9H9Br2N/c10-7-2-1-6(5-8(7)11)9-3-4-12-9/h1-2,5,9,12H,3-4H2. The van der Waals surface area contributed by atoms with Gasteiger partial charge in [0.1, 0.15) is 0 Å². The lowest BCUT2D eigenvalue weighted by Gasteiger charge is -2.28.